The molecule has 5 heteroatoms. The van der Waals surface area contributed by atoms with Gasteiger partial charge < -0.3 is 14.4 Å². The first-order valence-corrected chi connectivity index (χ1v) is 9.53. The van der Waals surface area contributed by atoms with E-state index in [1.165, 1.54) is 18.4 Å². The third kappa shape index (κ3) is 3.62. The molecule has 26 heavy (non-hydrogen) atoms. The van der Waals surface area contributed by atoms with Crippen LogP contribution in [0.4, 0.5) is 0 Å². The number of amides is 1. The fourth-order valence-electron chi connectivity index (χ4n) is 3.74. The maximum Gasteiger partial charge on any atom is 0.246 e. The Morgan fingerprint density at radius 3 is 2.38 bits per heavy atom. The van der Waals surface area contributed by atoms with Gasteiger partial charge >= 0.3 is 0 Å². The van der Waals surface area contributed by atoms with Crippen LogP contribution in [0.1, 0.15) is 43.0 Å². The summed E-state index contributed by atoms with van der Waals surface area (Å²) in [5.74, 6) is 2.17. The van der Waals surface area contributed by atoms with E-state index in [0.717, 1.165) is 12.8 Å². The molecule has 5 nitrogen and oxygen atoms in total. The van der Waals surface area contributed by atoms with Crippen LogP contribution in [0.2, 0.25) is 0 Å². The summed E-state index contributed by atoms with van der Waals surface area (Å²) in [7, 11) is 0. The van der Waals surface area contributed by atoms with Gasteiger partial charge in [-0.2, -0.15) is 0 Å². The van der Waals surface area contributed by atoms with Crippen molar-refractivity contribution in [1.29, 1.82) is 0 Å². The van der Waals surface area contributed by atoms with Crippen molar-refractivity contribution in [3.05, 3.63) is 35.4 Å². The number of carbonyl (C=O) groups is 2. The molecule has 3 aliphatic rings. The number of fused-ring (bicyclic) bond motifs is 1. The molecular formula is C21H25NO4. The van der Waals surface area contributed by atoms with Gasteiger partial charge in [0.2, 0.25) is 5.91 Å². The van der Waals surface area contributed by atoms with Crippen LogP contribution in [0.15, 0.2) is 29.8 Å². The van der Waals surface area contributed by atoms with Crippen molar-refractivity contribution in [2.24, 2.45) is 11.8 Å². The number of Topliss-reactive ketones (excluding diaryl/α,β-unsaturated/α-hetero) is 1. The van der Waals surface area contributed by atoms with E-state index in [1.54, 1.807) is 12.1 Å². The van der Waals surface area contributed by atoms with Crippen LogP contribution in [0.5, 0.6) is 11.5 Å². The molecule has 0 N–H and O–H groups in total. The molecular weight excluding hydrogens is 330 g/mol. The minimum Gasteiger partial charge on any atom is -0.486 e. The Morgan fingerprint density at radius 1 is 1.00 bits per heavy atom. The number of benzene rings is 1. The molecule has 1 saturated carbocycles. The average Bonchev–Trinajstić information content (AvgIpc) is 3.52. The number of carbonyl (C=O) groups excluding carboxylic acids is 2. The van der Waals surface area contributed by atoms with E-state index in [1.807, 2.05) is 24.0 Å². The number of hydrogen-bond acceptors (Lipinski definition) is 4. The lowest BCUT2D eigenvalue weighted by atomic mass is 9.88. The highest BCUT2D eigenvalue weighted by molar-refractivity contribution is 5.98. The van der Waals surface area contributed by atoms with Crippen molar-refractivity contribution in [3.8, 4) is 11.5 Å². The molecule has 0 spiro atoms. The van der Waals surface area contributed by atoms with Crippen LogP contribution in [-0.2, 0) is 4.79 Å². The smallest absolute Gasteiger partial charge is 0.246 e. The Kier molecular flexibility index (Phi) is 4.70. The fraction of sp³-hybridized carbons (Fsp3) is 0.524. The highest BCUT2D eigenvalue weighted by Gasteiger charge is 2.29. The summed E-state index contributed by atoms with van der Waals surface area (Å²) in [6.45, 7) is 4.40. The molecule has 4 rings (SSSR count). The average molecular weight is 355 g/mol. The molecule has 1 aliphatic carbocycles. The number of rotatable bonds is 4. The van der Waals surface area contributed by atoms with Crippen molar-refractivity contribution < 1.29 is 19.1 Å². The number of likely N-dealkylation sites (tertiary alicyclic amines) is 1. The molecule has 1 saturated heterocycles. The Labute approximate surface area is 154 Å². The zero-order valence-corrected chi connectivity index (χ0v) is 15.2. The number of ether oxygens (including phenoxy) is 2. The molecule has 138 valence electrons. The van der Waals surface area contributed by atoms with E-state index in [2.05, 4.69) is 0 Å². The number of nitrogens with zero attached hydrogens (tertiary/aromatic N) is 1. The second kappa shape index (κ2) is 7.14. The Balaban J connectivity index is 1.36. The standard InChI is InChI=1S/C21H25NO4/c1-14(15-2-3-15)12-20(23)22-8-6-16(7-9-22)21(24)17-4-5-18-19(13-17)26-11-10-25-18/h4-5,12-13,15-16H,2-3,6-11H2,1H3/b14-12-. The summed E-state index contributed by atoms with van der Waals surface area (Å²) in [5, 5.41) is 0. The third-order valence-corrected chi connectivity index (χ3v) is 5.58. The number of allylic oxidation sites excluding steroid dienone is 1. The quantitative estimate of drug-likeness (QED) is 0.615. The first kappa shape index (κ1) is 17.1. The van der Waals surface area contributed by atoms with Gasteiger partial charge in [0, 0.05) is 30.6 Å². The molecule has 2 heterocycles. The van der Waals surface area contributed by atoms with E-state index < -0.39 is 0 Å². The molecule has 1 aromatic rings. The van der Waals surface area contributed by atoms with Gasteiger partial charge in [0.1, 0.15) is 13.2 Å². The van der Waals surface area contributed by atoms with Gasteiger partial charge in [0.15, 0.2) is 17.3 Å². The van der Waals surface area contributed by atoms with Gasteiger partial charge in [-0.1, -0.05) is 5.57 Å². The highest BCUT2D eigenvalue weighted by Crippen LogP contribution is 2.36. The molecule has 0 radical (unpaired) electrons. The van der Waals surface area contributed by atoms with Crippen molar-refractivity contribution in [2.75, 3.05) is 26.3 Å². The molecule has 0 unspecified atom stereocenters. The normalized spacial score (nSPS) is 20.8. The summed E-state index contributed by atoms with van der Waals surface area (Å²) in [4.78, 5) is 27.1. The van der Waals surface area contributed by atoms with Crippen LogP contribution >= 0.6 is 0 Å². The zero-order chi connectivity index (χ0) is 18.1. The SMILES string of the molecule is C/C(=C/C(=O)N1CCC(C(=O)c2ccc3c(c2)OCCO3)CC1)C1CC1. The third-order valence-electron chi connectivity index (χ3n) is 5.58. The maximum atomic E-state index is 12.8. The highest BCUT2D eigenvalue weighted by atomic mass is 16.6. The van der Waals surface area contributed by atoms with Crippen LogP contribution < -0.4 is 9.47 Å². The van der Waals surface area contributed by atoms with Crippen LogP contribution in [0.3, 0.4) is 0 Å². The van der Waals surface area contributed by atoms with Crippen LogP contribution in [0, 0.1) is 11.8 Å². The number of hydrogen-bond donors (Lipinski definition) is 0. The Bertz CT molecular complexity index is 742. The van der Waals surface area contributed by atoms with Crippen LogP contribution in [-0.4, -0.2) is 42.9 Å². The summed E-state index contributed by atoms with van der Waals surface area (Å²) in [6.07, 6.45) is 5.65. The minimum atomic E-state index is -0.0323. The summed E-state index contributed by atoms with van der Waals surface area (Å²) in [5.41, 5.74) is 1.87. The van der Waals surface area contributed by atoms with E-state index in [9.17, 15) is 9.59 Å². The lowest BCUT2D eigenvalue weighted by molar-refractivity contribution is -0.127. The molecule has 1 amide bonds. The lowest BCUT2D eigenvalue weighted by Crippen LogP contribution is -2.39. The molecule has 1 aromatic carbocycles. The largest absolute Gasteiger partial charge is 0.486 e. The minimum absolute atomic E-state index is 0.0323. The van der Waals surface area contributed by atoms with Gasteiger partial charge in [0.05, 0.1) is 0 Å². The maximum absolute atomic E-state index is 12.8. The van der Waals surface area contributed by atoms with E-state index >= 15 is 0 Å². The fourth-order valence-corrected chi connectivity index (χ4v) is 3.74. The molecule has 0 aromatic heterocycles. The second-order valence-corrected chi connectivity index (χ2v) is 7.48. The summed E-state index contributed by atoms with van der Waals surface area (Å²) in [6, 6.07) is 5.41. The second-order valence-electron chi connectivity index (χ2n) is 7.48. The Hall–Kier alpha value is -2.30. The predicted molar refractivity (Wildman–Crippen MR) is 97.5 cm³/mol. The Morgan fingerprint density at radius 2 is 1.69 bits per heavy atom. The molecule has 2 aliphatic heterocycles. The van der Waals surface area contributed by atoms with Gasteiger partial charge in [0.25, 0.3) is 0 Å². The van der Waals surface area contributed by atoms with E-state index in [4.69, 9.17) is 9.47 Å². The van der Waals surface area contributed by atoms with Gasteiger partial charge in [-0.3, -0.25) is 9.59 Å². The summed E-state index contributed by atoms with van der Waals surface area (Å²) < 4.78 is 11.1. The summed E-state index contributed by atoms with van der Waals surface area (Å²) >= 11 is 0. The van der Waals surface area contributed by atoms with Crippen molar-refractivity contribution in [2.45, 2.75) is 32.6 Å². The van der Waals surface area contributed by atoms with Crippen molar-refractivity contribution >= 4 is 11.7 Å². The lowest BCUT2D eigenvalue weighted by Gasteiger charge is -2.31. The van der Waals surface area contributed by atoms with Crippen molar-refractivity contribution in [3.63, 3.8) is 0 Å². The van der Waals surface area contributed by atoms with E-state index in [0.29, 0.717) is 49.3 Å². The van der Waals surface area contributed by atoms with Gasteiger partial charge in [-0.15, -0.1) is 0 Å². The molecule has 0 atom stereocenters. The monoisotopic (exact) mass is 355 g/mol. The van der Waals surface area contributed by atoms with Gasteiger partial charge in [-0.05, 0) is 56.7 Å². The first-order valence-electron chi connectivity index (χ1n) is 9.53. The molecule has 0 bridgehead atoms. The zero-order valence-electron chi connectivity index (χ0n) is 15.2. The predicted octanol–water partition coefficient (Wildman–Crippen LogP) is 3.24. The number of ketones is 1. The topological polar surface area (TPSA) is 55.8 Å². The van der Waals surface area contributed by atoms with Gasteiger partial charge in [-0.25, -0.2) is 0 Å². The van der Waals surface area contributed by atoms with Crippen molar-refractivity contribution in [1.82, 2.24) is 4.90 Å². The van der Waals surface area contributed by atoms with Crippen LogP contribution in [0.25, 0.3) is 0 Å². The molecule has 2 fully saturated rings. The first-order chi connectivity index (χ1) is 12.6. The number of piperidine rings is 1. The van der Waals surface area contributed by atoms with E-state index in [-0.39, 0.29) is 17.6 Å².